The van der Waals surface area contributed by atoms with E-state index < -0.39 is 0 Å². The maximum absolute atomic E-state index is 12.5. The molecule has 0 aliphatic carbocycles. The Morgan fingerprint density at radius 1 is 1.00 bits per heavy atom. The summed E-state index contributed by atoms with van der Waals surface area (Å²) in [5, 5.41) is 3.59. The number of para-hydroxylation sites is 2. The summed E-state index contributed by atoms with van der Waals surface area (Å²) in [5.41, 5.74) is 8.76. The summed E-state index contributed by atoms with van der Waals surface area (Å²) in [6.07, 6.45) is 2.74. The Kier molecular flexibility index (Phi) is 4.71. The minimum atomic E-state index is -0.219. The van der Waals surface area contributed by atoms with Crippen LogP contribution in [0.2, 0.25) is 5.02 Å². The number of amides is 1. The van der Waals surface area contributed by atoms with Crippen molar-refractivity contribution in [3.05, 3.63) is 77.4 Å². The average Bonchev–Trinajstić information content (AvgIpc) is 3.37. The van der Waals surface area contributed by atoms with Gasteiger partial charge in [0.1, 0.15) is 5.82 Å². The summed E-state index contributed by atoms with van der Waals surface area (Å²) in [4.78, 5) is 21.9. The number of pyridine rings is 1. The van der Waals surface area contributed by atoms with E-state index in [2.05, 4.69) is 32.2 Å². The highest BCUT2D eigenvalue weighted by molar-refractivity contribution is 6.30. The van der Waals surface area contributed by atoms with Crippen molar-refractivity contribution in [2.45, 2.75) is 18.5 Å². The Morgan fingerprint density at radius 2 is 1.73 bits per heavy atom. The topological polar surface area (TPSA) is 74.5 Å². The molecule has 2 bridgehead atoms. The third-order valence-corrected chi connectivity index (χ3v) is 6.16. The summed E-state index contributed by atoms with van der Waals surface area (Å²) in [6.45, 7) is 1.88. The van der Waals surface area contributed by atoms with Crippen LogP contribution in [0.5, 0.6) is 0 Å². The minimum Gasteiger partial charge on any atom is -0.397 e. The van der Waals surface area contributed by atoms with Crippen LogP contribution < -0.4 is 20.9 Å². The van der Waals surface area contributed by atoms with E-state index in [4.69, 9.17) is 17.3 Å². The molecule has 0 saturated carbocycles. The molecule has 5 rings (SSSR count). The Bertz CT molecular complexity index is 1070. The molecule has 1 aromatic heterocycles. The summed E-state index contributed by atoms with van der Waals surface area (Å²) in [5.74, 6) is 0.692. The number of benzene rings is 2. The van der Waals surface area contributed by atoms with Crippen LogP contribution in [0.25, 0.3) is 0 Å². The van der Waals surface area contributed by atoms with Crippen molar-refractivity contribution in [2.75, 3.05) is 33.9 Å². The van der Waals surface area contributed by atoms with E-state index >= 15 is 0 Å². The van der Waals surface area contributed by atoms with Crippen LogP contribution in [-0.4, -0.2) is 36.1 Å². The molecule has 0 unspecified atom stereocenters. The number of hydrogen-bond donors (Lipinski definition) is 2. The summed E-state index contributed by atoms with van der Waals surface area (Å²) < 4.78 is 0. The number of nitrogens with two attached hydrogens (primary N) is 1. The van der Waals surface area contributed by atoms with Crippen LogP contribution in [0.1, 0.15) is 16.8 Å². The van der Waals surface area contributed by atoms with Gasteiger partial charge in [-0.15, -0.1) is 0 Å². The summed E-state index contributed by atoms with van der Waals surface area (Å²) in [6, 6.07) is 19.9. The van der Waals surface area contributed by atoms with Crippen molar-refractivity contribution in [2.24, 2.45) is 0 Å². The Morgan fingerprint density at radius 3 is 2.40 bits per heavy atom. The van der Waals surface area contributed by atoms with Crippen molar-refractivity contribution >= 4 is 40.4 Å². The highest BCUT2D eigenvalue weighted by Gasteiger charge is 2.43. The molecule has 0 spiro atoms. The van der Waals surface area contributed by atoms with Crippen LogP contribution in [-0.2, 0) is 0 Å². The van der Waals surface area contributed by atoms with E-state index in [-0.39, 0.29) is 5.91 Å². The maximum Gasteiger partial charge on any atom is 0.257 e. The van der Waals surface area contributed by atoms with Gasteiger partial charge in [0.2, 0.25) is 0 Å². The van der Waals surface area contributed by atoms with Gasteiger partial charge in [0.05, 0.1) is 23.0 Å². The van der Waals surface area contributed by atoms with Crippen LogP contribution in [0.3, 0.4) is 0 Å². The molecule has 3 N–H and O–H groups in total. The van der Waals surface area contributed by atoms with Gasteiger partial charge in [-0.25, -0.2) is 4.98 Å². The van der Waals surface area contributed by atoms with Gasteiger partial charge in [-0.05, 0) is 55.0 Å². The monoisotopic (exact) mass is 419 g/mol. The molecule has 2 aliphatic heterocycles. The van der Waals surface area contributed by atoms with E-state index in [0.717, 1.165) is 30.4 Å². The van der Waals surface area contributed by atoms with E-state index in [9.17, 15) is 4.79 Å². The zero-order chi connectivity index (χ0) is 20.7. The third kappa shape index (κ3) is 3.44. The van der Waals surface area contributed by atoms with Crippen LogP contribution >= 0.6 is 11.6 Å². The number of nitrogen functional groups attached to an aromatic ring is 1. The molecular formula is C23H22ClN5O. The van der Waals surface area contributed by atoms with Gasteiger partial charge < -0.3 is 20.9 Å². The number of carbonyl (C=O) groups excluding carboxylic acids is 1. The number of hydrogen-bond acceptors (Lipinski definition) is 5. The lowest BCUT2D eigenvalue weighted by Gasteiger charge is -2.36. The fraction of sp³-hybridized carbons (Fsp3) is 0.217. The molecule has 7 heteroatoms. The highest BCUT2D eigenvalue weighted by atomic mass is 35.5. The van der Waals surface area contributed by atoms with Crippen molar-refractivity contribution < 1.29 is 4.79 Å². The zero-order valence-corrected chi connectivity index (χ0v) is 17.1. The van der Waals surface area contributed by atoms with Gasteiger partial charge in [0, 0.05) is 36.0 Å². The molecule has 6 nitrogen and oxygen atoms in total. The molecule has 3 aromatic rings. The number of halogens is 1. The standard InChI is InChI=1S/C23H22ClN5O/c24-16-6-8-17(9-7-16)28-13-19-11-18(28)14-29(19)22-10-5-15(12-26-22)23(30)27-21-4-2-1-3-20(21)25/h1-10,12,18-19H,11,13-14,25H2,(H,27,30)/t18-,19-/m0/s1. The minimum absolute atomic E-state index is 0.219. The Balaban J connectivity index is 1.25. The SMILES string of the molecule is Nc1ccccc1NC(=O)c1ccc(N2C[C@@H]3C[C@H]2CN3c2ccc(Cl)cc2)nc1. The lowest BCUT2D eigenvalue weighted by atomic mass is 10.2. The molecule has 2 fully saturated rings. The second kappa shape index (κ2) is 7.54. The van der Waals surface area contributed by atoms with Crippen molar-refractivity contribution in [3.8, 4) is 0 Å². The molecule has 2 aromatic carbocycles. The predicted octanol–water partition coefficient (Wildman–Crippen LogP) is 4.04. The van der Waals surface area contributed by atoms with E-state index in [1.54, 1.807) is 18.3 Å². The second-order valence-electron chi connectivity index (χ2n) is 7.77. The first-order valence-corrected chi connectivity index (χ1v) is 10.4. The third-order valence-electron chi connectivity index (χ3n) is 5.91. The molecule has 0 radical (unpaired) electrons. The first kappa shape index (κ1) is 18.8. The number of fused-ring (bicyclic) bond motifs is 2. The van der Waals surface area contributed by atoms with Crippen LogP contribution in [0.4, 0.5) is 22.9 Å². The fourth-order valence-corrected chi connectivity index (χ4v) is 4.52. The van der Waals surface area contributed by atoms with Crippen LogP contribution in [0.15, 0.2) is 66.9 Å². The van der Waals surface area contributed by atoms with Gasteiger partial charge in [0.15, 0.2) is 0 Å². The molecular weight excluding hydrogens is 398 g/mol. The molecule has 3 heterocycles. The van der Waals surface area contributed by atoms with Gasteiger partial charge in [-0.1, -0.05) is 23.7 Å². The first-order chi connectivity index (χ1) is 14.6. The molecule has 2 atom stereocenters. The summed E-state index contributed by atoms with van der Waals surface area (Å²) >= 11 is 6.02. The van der Waals surface area contributed by atoms with Crippen LogP contribution in [0, 0.1) is 0 Å². The van der Waals surface area contributed by atoms with Gasteiger partial charge in [0.25, 0.3) is 5.91 Å². The number of anilines is 4. The first-order valence-electron chi connectivity index (χ1n) is 9.99. The second-order valence-corrected chi connectivity index (χ2v) is 8.21. The molecule has 152 valence electrons. The van der Waals surface area contributed by atoms with E-state index in [1.165, 1.54) is 5.69 Å². The number of piperazine rings is 1. The Labute approximate surface area is 180 Å². The number of rotatable bonds is 4. The smallest absolute Gasteiger partial charge is 0.257 e. The number of aromatic nitrogens is 1. The predicted molar refractivity (Wildman–Crippen MR) is 121 cm³/mol. The fourth-order valence-electron chi connectivity index (χ4n) is 4.39. The normalized spacial score (nSPS) is 19.9. The largest absolute Gasteiger partial charge is 0.397 e. The van der Waals surface area contributed by atoms with E-state index in [1.807, 2.05) is 36.4 Å². The molecule has 2 saturated heterocycles. The number of nitrogens with one attached hydrogen (secondary N) is 1. The lowest BCUT2D eigenvalue weighted by molar-refractivity contribution is 0.102. The van der Waals surface area contributed by atoms with Crippen molar-refractivity contribution in [1.82, 2.24) is 4.98 Å². The maximum atomic E-state index is 12.5. The number of nitrogens with zero attached hydrogens (tertiary/aromatic N) is 3. The number of carbonyl (C=O) groups is 1. The van der Waals surface area contributed by atoms with E-state index in [0.29, 0.717) is 29.0 Å². The summed E-state index contributed by atoms with van der Waals surface area (Å²) in [7, 11) is 0. The van der Waals surface area contributed by atoms with Gasteiger partial charge in [-0.2, -0.15) is 0 Å². The van der Waals surface area contributed by atoms with Gasteiger partial charge in [-0.3, -0.25) is 4.79 Å². The molecule has 1 amide bonds. The Hall–Kier alpha value is -3.25. The lowest BCUT2D eigenvalue weighted by Crippen LogP contribution is -2.46. The zero-order valence-electron chi connectivity index (χ0n) is 16.3. The van der Waals surface area contributed by atoms with Crippen molar-refractivity contribution in [3.63, 3.8) is 0 Å². The molecule has 2 aliphatic rings. The molecule has 30 heavy (non-hydrogen) atoms. The van der Waals surface area contributed by atoms with Crippen molar-refractivity contribution in [1.29, 1.82) is 0 Å². The highest BCUT2D eigenvalue weighted by Crippen LogP contribution is 2.37. The quantitative estimate of drug-likeness (QED) is 0.624. The average molecular weight is 420 g/mol. The van der Waals surface area contributed by atoms with Gasteiger partial charge >= 0.3 is 0 Å².